The molecule has 1 atom stereocenters. The van der Waals surface area contributed by atoms with Crippen molar-refractivity contribution < 1.29 is 29.1 Å². The number of carbonyl (C=O) groups is 2. The van der Waals surface area contributed by atoms with Gasteiger partial charge >= 0.3 is 13.1 Å². The number of hydrogen-bond acceptors (Lipinski definition) is 5. The average Bonchev–Trinajstić information content (AvgIpc) is 2.66. The lowest BCUT2D eigenvalue weighted by Gasteiger charge is -2.40. The van der Waals surface area contributed by atoms with Crippen molar-refractivity contribution in [3.05, 3.63) is 35.6 Å². The monoisotopic (exact) mass is 430 g/mol. The third-order valence-corrected chi connectivity index (χ3v) is 5.55. The van der Waals surface area contributed by atoms with E-state index in [2.05, 4.69) is 0 Å². The maximum absolute atomic E-state index is 13.0. The Morgan fingerprint density at radius 1 is 1.17 bits per heavy atom. The van der Waals surface area contributed by atoms with Crippen molar-refractivity contribution in [2.75, 3.05) is 13.1 Å². The minimum absolute atomic E-state index is 0. The summed E-state index contributed by atoms with van der Waals surface area (Å²) in [6.45, 7) is 0.874. The van der Waals surface area contributed by atoms with E-state index in [4.69, 9.17) is 15.8 Å². The summed E-state index contributed by atoms with van der Waals surface area (Å²) < 4.78 is 13.0. The summed E-state index contributed by atoms with van der Waals surface area (Å²) in [5.41, 5.74) is 5.58. The quantitative estimate of drug-likeness (QED) is 0.347. The van der Waals surface area contributed by atoms with Gasteiger partial charge in [0.25, 0.3) is 0 Å². The molecule has 2 rings (SSSR count). The minimum Gasteiger partial charge on any atom is -0.480 e. The van der Waals surface area contributed by atoms with Crippen molar-refractivity contribution in [2.45, 2.75) is 50.4 Å². The van der Waals surface area contributed by atoms with E-state index in [0.717, 1.165) is 5.56 Å². The SMILES string of the molecule is Cl.NC(CCCCB(O)O)(C(=O)O)C1CCN(C(=O)Cc2ccc(F)cc2)CC1. The maximum Gasteiger partial charge on any atom is 0.451 e. The van der Waals surface area contributed by atoms with E-state index in [9.17, 15) is 19.1 Å². The molecule has 162 valence electrons. The van der Waals surface area contributed by atoms with Crippen LogP contribution in [0.25, 0.3) is 0 Å². The van der Waals surface area contributed by atoms with E-state index in [-0.39, 0.29) is 49.2 Å². The van der Waals surface area contributed by atoms with Crippen LogP contribution in [0.5, 0.6) is 0 Å². The number of nitrogens with zero attached hydrogens (tertiary/aromatic N) is 1. The van der Waals surface area contributed by atoms with Crippen LogP contribution in [-0.2, 0) is 16.0 Å². The Kier molecular flexibility index (Phi) is 10.1. The van der Waals surface area contributed by atoms with Gasteiger partial charge in [-0.15, -0.1) is 12.4 Å². The van der Waals surface area contributed by atoms with Crippen LogP contribution in [0.4, 0.5) is 4.39 Å². The van der Waals surface area contributed by atoms with Crippen molar-refractivity contribution >= 4 is 31.4 Å². The van der Waals surface area contributed by atoms with Crippen LogP contribution in [0, 0.1) is 11.7 Å². The summed E-state index contributed by atoms with van der Waals surface area (Å²) >= 11 is 0. The molecule has 1 saturated heterocycles. The molecule has 1 heterocycles. The molecule has 1 unspecified atom stereocenters. The Labute approximate surface area is 176 Å². The second kappa shape index (κ2) is 11.5. The van der Waals surface area contributed by atoms with Gasteiger partial charge in [0.05, 0.1) is 6.42 Å². The van der Waals surface area contributed by atoms with Crippen LogP contribution in [0.3, 0.4) is 0 Å². The van der Waals surface area contributed by atoms with E-state index in [1.807, 2.05) is 0 Å². The van der Waals surface area contributed by atoms with Crippen molar-refractivity contribution in [1.82, 2.24) is 4.90 Å². The fraction of sp³-hybridized carbons (Fsp3) is 0.579. The smallest absolute Gasteiger partial charge is 0.451 e. The highest BCUT2D eigenvalue weighted by atomic mass is 35.5. The summed E-state index contributed by atoms with van der Waals surface area (Å²) in [7, 11) is -1.40. The Hall–Kier alpha value is -1.68. The second-order valence-electron chi connectivity index (χ2n) is 7.53. The third kappa shape index (κ3) is 7.26. The van der Waals surface area contributed by atoms with Gasteiger partial charge in [0.1, 0.15) is 11.4 Å². The van der Waals surface area contributed by atoms with Gasteiger partial charge in [-0.05, 0) is 49.2 Å². The molecule has 0 bridgehead atoms. The van der Waals surface area contributed by atoms with E-state index in [1.54, 1.807) is 17.0 Å². The zero-order valence-corrected chi connectivity index (χ0v) is 17.1. The van der Waals surface area contributed by atoms with Crippen molar-refractivity contribution in [3.8, 4) is 0 Å². The molecule has 1 fully saturated rings. The number of likely N-dealkylation sites (tertiary alicyclic amines) is 1. The number of hydrogen-bond donors (Lipinski definition) is 4. The number of aliphatic carboxylic acids is 1. The molecule has 0 radical (unpaired) electrons. The molecule has 0 saturated carbocycles. The number of rotatable bonds is 9. The summed E-state index contributed by atoms with van der Waals surface area (Å²) in [5.74, 6) is -1.73. The minimum atomic E-state index is -1.40. The Balaban J connectivity index is 0.00000420. The highest BCUT2D eigenvalue weighted by Gasteiger charge is 2.43. The lowest BCUT2D eigenvalue weighted by molar-refractivity contribution is -0.147. The van der Waals surface area contributed by atoms with Crippen LogP contribution in [0.2, 0.25) is 6.32 Å². The predicted octanol–water partition coefficient (Wildman–Crippen LogP) is 1.45. The van der Waals surface area contributed by atoms with Gasteiger partial charge in [-0.25, -0.2) is 4.39 Å². The summed E-state index contributed by atoms with van der Waals surface area (Å²) in [6.07, 6.45) is 2.60. The number of nitrogens with two attached hydrogens (primary N) is 1. The largest absolute Gasteiger partial charge is 0.480 e. The van der Waals surface area contributed by atoms with E-state index < -0.39 is 18.6 Å². The van der Waals surface area contributed by atoms with Crippen LogP contribution in [0.1, 0.15) is 37.7 Å². The number of carbonyl (C=O) groups excluding carboxylic acids is 1. The molecule has 1 amide bonds. The number of benzene rings is 1. The molecule has 0 aromatic heterocycles. The molecule has 10 heteroatoms. The molecule has 29 heavy (non-hydrogen) atoms. The summed E-state index contributed by atoms with van der Waals surface area (Å²) in [6, 6.07) is 5.80. The number of carboxylic acid groups (broad SMARTS) is 1. The molecule has 1 aliphatic heterocycles. The number of carboxylic acids is 1. The standard InChI is InChI=1S/C19H28BFN2O5.ClH/c21-16-5-3-14(4-6-16)13-17(24)23-11-7-15(8-12-23)19(22,18(25)26)9-1-2-10-20(27)28;/h3-6,15,27-28H,1-2,7-13,22H2,(H,25,26);1H. The van der Waals surface area contributed by atoms with Crippen LogP contribution in [0.15, 0.2) is 24.3 Å². The number of unbranched alkanes of at least 4 members (excludes halogenated alkanes) is 1. The highest BCUT2D eigenvalue weighted by Crippen LogP contribution is 2.31. The normalized spacial score (nSPS) is 16.6. The van der Waals surface area contributed by atoms with Gasteiger partial charge in [-0.2, -0.15) is 0 Å². The van der Waals surface area contributed by atoms with E-state index in [0.29, 0.717) is 38.8 Å². The number of amides is 1. The molecular formula is C19H29BClFN2O5. The molecule has 1 aliphatic rings. The molecule has 1 aromatic carbocycles. The predicted molar refractivity (Wildman–Crippen MR) is 110 cm³/mol. The second-order valence-corrected chi connectivity index (χ2v) is 7.53. The Bertz CT molecular complexity index is 671. The summed E-state index contributed by atoms with van der Waals surface area (Å²) in [5, 5.41) is 27.4. The number of piperidine rings is 1. The lowest BCUT2D eigenvalue weighted by Crippen LogP contribution is -2.57. The topological polar surface area (TPSA) is 124 Å². The van der Waals surface area contributed by atoms with E-state index in [1.165, 1.54) is 12.1 Å². The van der Waals surface area contributed by atoms with Crippen molar-refractivity contribution in [2.24, 2.45) is 11.7 Å². The zero-order valence-electron chi connectivity index (χ0n) is 16.3. The summed E-state index contributed by atoms with van der Waals surface area (Å²) in [4.78, 5) is 26.0. The molecule has 7 nitrogen and oxygen atoms in total. The highest BCUT2D eigenvalue weighted by molar-refractivity contribution is 6.40. The molecular weight excluding hydrogens is 401 g/mol. The van der Waals surface area contributed by atoms with E-state index >= 15 is 0 Å². The Morgan fingerprint density at radius 3 is 2.28 bits per heavy atom. The lowest BCUT2D eigenvalue weighted by atomic mass is 9.74. The first-order valence-corrected chi connectivity index (χ1v) is 9.63. The van der Waals surface area contributed by atoms with Gasteiger partial charge < -0.3 is 25.8 Å². The molecule has 5 N–H and O–H groups in total. The van der Waals surface area contributed by atoms with Gasteiger partial charge in [-0.3, -0.25) is 9.59 Å². The first-order valence-electron chi connectivity index (χ1n) is 9.63. The van der Waals surface area contributed by atoms with Crippen molar-refractivity contribution in [3.63, 3.8) is 0 Å². The van der Waals surface area contributed by atoms with Crippen LogP contribution < -0.4 is 5.73 Å². The molecule has 1 aromatic rings. The zero-order chi connectivity index (χ0) is 20.7. The first-order chi connectivity index (χ1) is 13.2. The Morgan fingerprint density at radius 2 is 1.76 bits per heavy atom. The third-order valence-electron chi connectivity index (χ3n) is 5.55. The number of halogens is 2. The van der Waals surface area contributed by atoms with Gasteiger partial charge in [0.2, 0.25) is 5.91 Å². The van der Waals surface area contributed by atoms with Gasteiger partial charge in [0.15, 0.2) is 0 Å². The fourth-order valence-corrected chi connectivity index (χ4v) is 3.76. The van der Waals surface area contributed by atoms with Gasteiger partial charge in [0, 0.05) is 13.1 Å². The fourth-order valence-electron chi connectivity index (χ4n) is 3.76. The van der Waals surface area contributed by atoms with Crippen LogP contribution in [-0.4, -0.2) is 57.7 Å². The molecule has 0 spiro atoms. The van der Waals surface area contributed by atoms with Crippen LogP contribution >= 0.6 is 12.4 Å². The van der Waals surface area contributed by atoms with Gasteiger partial charge in [-0.1, -0.05) is 25.0 Å². The average molecular weight is 431 g/mol. The van der Waals surface area contributed by atoms with Crippen molar-refractivity contribution in [1.29, 1.82) is 0 Å². The first kappa shape index (κ1) is 25.4. The molecule has 0 aliphatic carbocycles. The maximum atomic E-state index is 13.0.